The molecule has 2 saturated heterocycles. The van der Waals surface area contributed by atoms with E-state index in [1.807, 2.05) is 12.2 Å². The largest absolute Gasteiger partial charge is 0.359 e. The maximum atomic E-state index is 14.0. The van der Waals surface area contributed by atoms with Crippen LogP contribution in [0.4, 0.5) is 5.69 Å². The highest BCUT2D eigenvalue weighted by molar-refractivity contribution is 6.30. The Morgan fingerprint density at radius 1 is 1.16 bits per heavy atom. The van der Waals surface area contributed by atoms with Gasteiger partial charge in [0.15, 0.2) is 0 Å². The minimum Gasteiger partial charge on any atom is -0.359 e. The smallest absolute Gasteiger partial charge is 0.246 e. The number of nitrogens with zero attached hydrogens (tertiary/aromatic N) is 1. The summed E-state index contributed by atoms with van der Waals surface area (Å²) in [7, 11) is 0. The van der Waals surface area contributed by atoms with Crippen molar-refractivity contribution in [2.45, 2.75) is 77.2 Å². The average Bonchev–Trinajstić information content (AvgIpc) is 3.49. The molecule has 1 aliphatic carbocycles. The molecule has 4 aliphatic rings. The number of carbonyl (C=O) groups is 3. The van der Waals surface area contributed by atoms with Gasteiger partial charge in [-0.25, -0.2) is 0 Å². The topological polar surface area (TPSA) is 87.7 Å². The number of rotatable bonds is 7. The third-order valence-electron chi connectivity index (χ3n) is 9.02. The normalized spacial score (nSPS) is 36.2. The van der Waals surface area contributed by atoms with Crippen LogP contribution in [0.5, 0.6) is 0 Å². The monoisotopic (exact) mass is 527 g/mol. The van der Waals surface area contributed by atoms with Crippen LogP contribution in [0.3, 0.4) is 0 Å². The number of likely N-dealkylation sites (tertiary alicyclic amines) is 1. The number of hydrogen-bond donors (Lipinski definition) is 2. The number of carbonyl (C=O) groups excluding carboxylic acids is 3. The fourth-order valence-corrected chi connectivity index (χ4v) is 6.84. The van der Waals surface area contributed by atoms with Crippen LogP contribution in [0, 0.1) is 29.6 Å². The van der Waals surface area contributed by atoms with Crippen molar-refractivity contribution in [3.8, 4) is 0 Å². The summed E-state index contributed by atoms with van der Waals surface area (Å²) in [5.41, 5.74) is -0.527. The molecule has 0 unspecified atom stereocenters. The predicted octanol–water partition coefficient (Wildman–Crippen LogP) is 4.42. The summed E-state index contributed by atoms with van der Waals surface area (Å²) in [6, 6.07) is 6.15. The molecule has 0 aromatic heterocycles. The van der Waals surface area contributed by atoms with Gasteiger partial charge in [0.1, 0.15) is 11.6 Å². The molecule has 8 atom stereocenters. The molecule has 5 rings (SSSR count). The third-order valence-corrected chi connectivity index (χ3v) is 9.27. The lowest BCUT2D eigenvalue weighted by atomic mass is 9.73. The van der Waals surface area contributed by atoms with Crippen LogP contribution in [0.25, 0.3) is 0 Å². The van der Waals surface area contributed by atoms with Gasteiger partial charge in [0.2, 0.25) is 17.7 Å². The number of anilines is 1. The fourth-order valence-electron chi connectivity index (χ4n) is 6.71. The van der Waals surface area contributed by atoms with Crippen LogP contribution in [-0.4, -0.2) is 53.0 Å². The van der Waals surface area contributed by atoms with Gasteiger partial charge in [-0.1, -0.05) is 64.3 Å². The van der Waals surface area contributed by atoms with Gasteiger partial charge in [0.05, 0.1) is 17.9 Å². The lowest BCUT2D eigenvalue weighted by molar-refractivity contribution is -0.141. The van der Waals surface area contributed by atoms with Crippen LogP contribution in [0.2, 0.25) is 5.02 Å². The maximum absolute atomic E-state index is 14.0. The van der Waals surface area contributed by atoms with Gasteiger partial charge in [-0.15, -0.1) is 0 Å². The van der Waals surface area contributed by atoms with Gasteiger partial charge < -0.3 is 20.3 Å². The Kier molecular flexibility index (Phi) is 7.14. The molecule has 1 spiro atoms. The number of nitrogens with one attached hydrogen (secondary N) is 2. The van der Waals surface area contributed by atoms with Crippen molar-refractivity contribution in [3.63, 3.8) is 0 Å². The van der Waals surface area contributed by atoms with E-state index in [0.717, 1.165) is 19.3 Å². The first kappa shape index (κ1) is 26.2. The van der Waals surface area contributed by atoms with E-state index in [4.69, 9.17) is 16.3 Å². The van der Waals surface area contributed by atoms with Gasteiger partial charge >= 0.3 is 0 Å². The number of amides is 3. The number of ether oxygens (including phenoxy) is 1. The quantitative estimate of drug-likeness (QED) is 0.514. The van der Waals surface area contributed by atoms with Crippen molar-refractivity contribution in [3.05, 3.63) is 41.4 Å². The Balaban J connectivity index is 1.43. The summed E-state index contributed by atoms with van der Waals surface area (Å²) in [5.74, 6) is -0.805. The number of halogens is 1. The summed E-state index contributed by atoms with van der Waals surface area (Å²) in [5, 5.41) is 6.80. The minimum absolute atomic E-state index is 0.0698. The van der Waals surface area contributed by atoms with E-state index in [1.165, 1.54) is 6.42 Å². The number of benzene rings is 1. The van der Waals surface area contributed by atoms with E-state index < -0.39 is 29.6 Å². The van der Waals surface area contributed by atoms with E-state index in [0.29, 0.717) is 35.0 Å². The Bertz CT molecular complexity index is 1090. The SMILES string of the molecule is CC(C)CCN1C(=O)[C@H]2[C@H](C(=O)Nc3ccc(Cl)cc3)[C@H]3C=C[C@@]2(O3)[C@@H]1C(=O)N[C@@H]1CCC[C@H](C)[C@@H]1C. The lowest BCUT2D eigenvalue weighted by Crippen LogP contribution is -2.58. The molecular weight excluding hydrogens is 490 g/mol. The zero-order valence-corrected chi connectivity index (χ0v) is 22.8. The number of fused-ring (bicyclic) bond motifs is 1. The zero-order chi connectivity index (χ0) is 26.5. The molecule has 8 heteroatoms. The second-order valence-corrected chi connectivity index (χ2v) is 12.2. The van der Waals surface area contributed by atoms with Gasteiger partial charge in [0, 0.05) is 23.3 Å². The first-order chi connectivity index (χ1) is 17.6. The van der Waals surface area contributed by atoms with Gasteiger partial charge in [-0.3, -0.25) is 14.4 Å². The van der Waals surface area contributed by atoms with E-state index in [-0.39, 0.29) is 23.8 Å². The molecular formula is C29H38ClN3O4. The Morgan fingerprint density at radius 3 is 2.59 bits per heavy atom. The second kappa shape index (κ2) is 10.1. The predicted molar refractivity (Wildman–Crippen MR) is 143 cm³/mol. The number of hydrogen-bond acceptors (Lipinski definition) is 4. The molecule has 3 fully saturated rings. The molecule has 2 N–H and O–H groups in total. The maximum Gasteiger partial charge on any atom is 0.246 e. The standard InChI is InChI=1S/C29H38ClN3O4/c1-16(2)13-15-33-25(27(35)32-21-7-5-6-17(3)18(21)4)29-14-12-22(37-29)23(24(29)28(33)36)26(34)31-20-10-8-19(30)9-11-20/h8-12,14,16-18,21-25H,5-7,13,15H2,1-4H3,(H,31,34)(H,32,35)/t17-,18-,21+,22+,23+,24+,25-,29-/m0/s1. The van der Waals surface area contributed by atoms with Crippen molar-refractivity contribution in [1.29, 1.82) is 0 Å². The van der Waals surface area contributed by atoms with Gasteiger partial charge in [0.25, 0.3) is 0 Å². The van der Waals surface area contributed by atoms with E-state index >= 15 is 0 Å². The summed E-state index contributed by atoms with van der Waals surface area (Å²) >= 11 is 5.99. The highest BCUT2D eigenvalue weighted by Gasteiger charge is 2.72. The molecule has 1 saturated carbocycles. The van der Waals surface area contributed by atoms with Crippen LogP contribution in [0.1, 0.15) is 53.4 Å². The van der Waals surface area contributed by atoms with Crippen molar-refractivity contribution in [2.24, 2.45) is 29.6 Å². The Hall–Kier alpha value is -2.38. The minimum atomic E-state index is -1.13. The van der Waals surface area contributed by atoms with E-state index in [1.54, 1.807) is 29.2 Å². The molecule has 1 aromatic rings. The van der Waals surface area contributed by atoms with E-state index in [9.17, 15) is 14.4 Å². The molecule has 3 heterocycles. The highest BCUT2D eigenvalue weighted by atomic mass is 35.5. The molecule has 2 bridgehead atoms. The molecule has 200 valence electrons. The first-order valence-corrected chi connectivity index (χ1v) is 14.0. The lowest BCUT2D eigenvalue weighted by Gasteiger charge is -2.38. The Morgan fingerprint density at radius 2 is 1.89 bits per heavy atom. The van der Waals surface area contributed by atoms with Crippen LogP contribution in [-0.2, 0) is 19.1 Å². The van der Waals surface area contributed by atoms with Gasteiger partial charge in [-0.2, -0.15) is 0 Å². The van der Waals surface area contributed by atoms with Crippen LogP contribution >= 0.6 is 11.6 Å². The summed E-state index contributed by atoms with van der Waals surface area (Å²) < 4.78 is 6.44. The summed E-state index contributed by atoms with van der Waals surface area (Å²) in [6.07, 6.45) is 7.13. The van der Waals surface area contributed by atoms with Crippen LogP contribution < -0.4 is 10.6 Å². The molecule has 3 amide bonds. The Labute approximate surface area is 224 Å². The molecule has 1 aromatic carbocycles. The zero-order valence-electron chi connectivity index (χ0n) is 22.1. The van der Waals surface area contributed by atoms with Crippen molar-refractivity contribution in [2.75, 3.05) is 11.9 Å². The molecule has 37 heavy (non-hydrogen) atoms. The molecule has 0 radical (unpaired) electrons. The van der Waals surface area contributed by atoms with E-state index in [2.05, 4.69) is 38.3 Å². The van der Waals surface area contributed by atoms with Crippen molar-refractivity contribution in [1.82, 2.24) is 10.2 Å². The fraction of sp³-hybridized carbons (Fsp3) is 0.621. The second-order valence-electron chi connectivity index (χ2n) is 11.8. The van der Waals surface area contributed by atoms with Crippen molar-refractivity contribution < 1.29 is 19.1 Å². The summed E-state index contributed by atoms with van der Waals surface area (Å²) in [4.78, 5) is 43.1. The molecule has 7 nitrogen and oxygen atoms in total. The molecule has 3 aliphatic heterocycles. The van der Waals surface area contributed by atoms with Crippen molar-refractivity contribution >= 4 is 35.0 Å². The first-order valence-electron chi connectivity index (χ1n) is 13.7. The van der Waals surface area contributed by atoms with Crippen LogP contribution in [0.15, 0.2) is 36.4 Å². The third kappa shape index (κ3) is 4.59. The van der Waals surface area contributed by atoms with Gasteiger partial charge in [-0.05, 0) is 54.9 Å². The summed E-state index contributed by atoms with van der Waals surface area (Å²) in [6.45, 7) is 9.09. The average molecular weight is 528 g/mol. The highest BCUT2D eigenvalue weighted by Crippen LogP contribution is 2.55.